The van der Waals surface area contributed by atoms with E-state index < -0.39 is 5.97 Å². The number of hydrogen-bond acceptors (Lipinski definition) is 3. The van der Waals surface area contributed by atoms with Crippen LogP contribution in [0.3, 0.4) is 0 Å². The van der Waals surface area contributed by atoms with Gasteiger partial charge in [0.2, 0.25) is 0 Å². The molecule has 0 aliphatic carbocycles. The maximum Gasteiger partial charge on any atom is 0.337 e. The first kappa shape index (κ1) is 13.8. The number of aromatic carboxylic acids is 1. The Kier molecular flexibility index (Phi) is 4.37. The van der Waals surface area contributed by atoms with Gasteiger partial charge in [0.05, 0.1) is 10.6 Å². The molecule has 0 radical (unpaired) electrons. The lowest BCUT2D eigenvalue weighted by Gasteiger charge is -2.22. The normalized spacial score (nSPS) is 11.3. The summed E-state index contributed by atoms with van der Waals surface area (Å²) < 4.78 is 0. The van der Waals surface area contributed by atoms with E-state index in [1.54, 1.807) is 12.1 Å². The standard InChI is InChI=1S/C12H16ClNO3/c1-12(2,7-15)6-14-8-3-4-9(11(16)17)10(13)5-8/h3-5,14-15H,6-7H2,1-2H3,(H,16,17). The maximum absolute atomic E-state index is 10.8. The van der Waals surface area contributed by atoms with Crippen LogP contribution in [0.4, 0.5) is 5.69 Å². The lowest BCUT2D eigenvalue weighted by atomic mass is 9.95. The molecule has 0 fully saturated rings. The van der Waals surface area contributed by atoms with Crippen molar-refractivity contribution in [2.45, 2.75) is 13.8 Å². The number of carbonyl (C=O) groups is 1. The van der Waals surface area contributed by atoms with Gasteiger partial charge in [-0.2, -0.15) is 0 Å². The number of rotatable bonds is 5. The minimum absolute atomic E-state index is 0.0704. The highest BCUT2D eigenvalue weighted by atomic mass is 35.5. The molecule has 0 aromatic heterocycles. The van der Waals surface area contributed by atoms with Crippen LogP contribution in [0.5, 0.6) is 0 Å². The first-order chi connectivity index (χ1) is 7.85. The molecule has 3 N–H and O–H groups in total. The van der Waals surface area contributed by atoms with Crippen LogP contribution in [-0.4, -0.2) is 29.3 Å². The Morgan fingerprint density at radius 1 is 1.47 bits per heavy atom. The van der Waals surface area contributed by atoms with Crippen molar-refractivity contribution in [2.24, 2.45) is 5.41 Å². The lowest BCUT2D eigenvalue weighted by Crippen LogP contribution is -2.26. The molecule has 1 aromatic rings. The fourth-order valence-corrected chi connectivity index (χ4v) is 1.46. The van der Waals surface area contributed by atoms with Crippen LogP contribution in [-0.2, 0) is 0 Å². The van der Waals surface area contributed by atoms with Crippen LogP contribution in [0, 0.1) is 5.41 Å². The number of carboxylic acid groups (broad SMARTS) is 1. The Morgan fingerprint density at radius 3 is 2.59 bits per heavy atom. The van der Waals surface area contributed by atoms with E-state index in [4.69, 9.17) is 21.8 Å². The van der Waals surface area contributed by atoms with Gasteiger partial charge in [0.1, 0.15) is 0 Å². The van der Waals surface area contributed by atoms with Crippen molar-refractivity contribution in [3.63, 3.8) is 0 Å². The molecular formula is C12H16ClNO3. The topological polar surface area (TPSA) is 69.6 Å². The highest BCUT2D eigenvalue weighted by Crippen LogP contribution is 2.22. The van der Waals surface area contributed by atoms with Crippen molar-refractivity contribution < 1.29 is 15.0 Å². The molecule has 0 heterocycles. The van der Waals surface area contributed by atoms with Gasteiger partial charge in [0.25, 0.3) is 0 Å². The van der Waals surface area contributed by atoms with Gasteiger partial charge in [-0.05, 0) is 18.2 Å². The summed E-state index contributed by atoms with van der Waals surface area (Å²) in [5.74, 6) is -1.04. The van der Waals surface area contributed by atoms with Crippen LogP contribution >= 0.6 is 11.6 Å². The molecule has 0 bridgehead atoms. The SMILES string of the molecule is CC(C)(CO)CNc1ccc(C(=O)O)c(Cl)c1. The van der Waals surface area contributed by atoms with E-state index in [0.29, 0.717) is 6.54 Å². The average Bonchev–Trinajstić information content (AvgIpc) is 2.26. The molecule has 17 heavy (non-hydrogen) atoms. The second kappa shape index (κ2) is 5.38. The summed E-state index contributed by atoms with van der Waals surface area (Å²) in [6.07, 6.45) is 0. The number of anilines is 1. The summed E-state index contributed by atoms with van der Waals surface area (Å²) in [6, 6.07) is 4.68. The summed E-state index contributed by atoms with van der Waals surface area (Å²) in [6.45, 7) is 4.49. The van der Waals surface area contributed by atoms with E-state index in [-0.39, 0.29) is 22.6 Å². The zero-order chi connectivity index (χ0) is 13.1. The Hall–Kier alpha value is -1.26. The molecule has 0 saturated heterocycles. The molecule has 0 spiro atoms. The molecule has 0 aliphatic heterocycles. The van der Waals surface area contributed by atoms with Crippen molar-refractivity contribution in [2.75, 3.05) is 18.5 Å². The van der Waals surface area contributed by atoms with Crippen molar-refractivity contribution in [1.82, 2.24) is 0 Å². The number of benzene rings is 1. The first-order valence-corrected chi connectivity index (χ1v) is 5.61. The Morgan fingerprint density at radius 2 is 2.12 bits per heavy atom. The molecule has 0 amide bonds. The van der Waals surface area contributed by atoms with Crippen LogP contribution in [0.25, 0.3) is 0 Å². The number of nitrogens with one attached hydrogen (secondary N) is 1. The van der Waals surface area contributed by atoms with E-state index >= 15 is 0 Å². The maximum atomic E-state index is 10.8. The van der Waals surface area contributed by atoms with Gasteiger partial charge in [-0.25, -0.2) is 4.79 Å². The molecule has 4 nitrogen and oxygen atoms in total. The van der Waals surface area contributed by atoms with Crippen LogP contribution in [0.15, 0.2) is 18.2 Å². The molecule has 1 rings (SSSR count). The molecule has 1 aromatic carbocycles. The van der Waals surface area contributed by atoms with Crippen LogP contribution in [0.2, 0.25) is 5.02 Å². The molecular weight excluding hydrogens is 242 g/mol. The molecule has 5 heteroatoms. The fraction of sp³-hybridized carbons (Fsp3) is 0.417. The number of hydrogen-bond donors (Lipinski definition) is 3. The van der Waals surface area contributed by atoms with Gasteiger partial charge in [-0.3, -0.25) is 0 Å². The highest BCUT2D eigenvalue weighted by Gasteiger charge is 2.16. The quantitative estimate of drug-likeness (QED) is 0.758. The summed E-state index contributed by atoms with van der Waals surface area (Å²) in [5, 5.41) is 21.2. The van der Waals surface area contributed by atoms with Gasteiger partial charge < -0.3 is 15.5 Å². The molecule has 0 aliphatic rings. The zero-order valence-electron chi connectivity index (χ0n) is 9.83. The monoisotopic (exact) mass is 257 g/mol. The Labute approximate surface area is 105 Å². The van der Waals surface area contributed by atoms with E-state index in [9.17, 15) is 4.79 Å². The smallest absolute Gasteiger partial charge is 0.337 e. The minimum atomic E-state index is -1.04. The second-order valence-corrected chi connectivity index (χ2v) is 5.08. The number of aliphatic hydroxyl groups is 1. The largest absolute Gasteiger partial charge is 0.478 e. The van der Waals surface area contributed by atoms with Gasteiger partial charge >= 0.3 is 5.97 Å². The number of aliphatic hydroxyl groups excluding tert-OH is 1. The average molecular weight is 258 g/mol. The third-order valence-electron chi connectivity index (χ3n) is 2.40. The van der Waals surface area contributed by atoms with Crippen molar-refractivity contribution >= 4 is 23.3 Å². The van der Waals surface area contributed by atoms with Crippen molar-refractivity contribution in [1.29, 1.82) is 0 Å². The minimum Gasteiger partial charge on any atom is -0.478 e. The third kappa shape index (κ3) is 3.91. The third-order valence-corrected chi connectivity index (χ3v) is 2.71. The summed E-state index contributed by atoms with van der Waals surface area (Å²) in [5.41, 5.74) is 0.581. The Bertz CT molecular complexity index is 418. The predicted octanol–water partition coefficient (Wildman–Crippen LogP) is 2.47. The first-order valence-electron chi connectivity index (χ1n) is 5.23. The zero-order valence-corrected chi connectivity index (χ0v) is 10.6. The molecule has 94 valence electrons. The molecule has 0 atom stereocenters. The van der Waals surface area contributed by atoms with Gasteiger partial charge in [0.15, 0.2) is 0 Å². The number of carboxylic acids is 1. The predicted molar refractivity (Wildman–Crippen MR) is 67.8 cm³/mol. The van der Waals surface area contributed by atoms with Gasteiger partial charge in [-0.15, -0.1) is 0 Å². The van der Waals surface area contributed by atoms with Gasteiger partial charge in [-0.1, -0.05) is 25.4 Å². The summed E-state index contributed by atoms with van der Waals surface area (Å²) in [7, 11) is 0. The van der Waals surface area contributed by atoms with Crippen LogP contribution in [0.1, 0.15) is 24.2 Å². The van der Waals surface area contributed by atoms with E-state index in [1.165, 1.54) is 6.07 Å². The molecule has 0 unspecified atom stereocenters. The van der Waals surface area contributed by atoms with Crippen molar-refractivity contribution in [3.05, 3.63) is 28.8 Å². The summed E-state index contributed by atoms with van der Waals surface area (Å²) in [4.78, 5) is 10.8. The fourth-order valence-electron chi connectivity index (χ4n) is 1.20. The van der Waals surface area contributed by atoms with E-state index in [2.05, 4.69) is 5.32 Å². The van der Waals surface area contributed by atoms with Crippen LogP contribution < -0.4 is 5.32 Å². The second-order valence-electron chi connectivity index (χ2n) is 4.68. The Balaban J connectivity index is 2.75. The lowest BCUT2D eigenvalue weighted by molar-refractivity contribution is 0.0697. The number of halogens is 1. The van der Waals surface area contributed by atoms with E-state index in [0.717, 1.165) is 5.69 Å². The highest BCUT2D eigenvalue weighted by molar-refractivity contribution is 6.33. The van der Waals surface area contributed by atoms with Gasteiger partial charge in [0, 0.05) is 24.3 Å². The summed E-state index contributed by atoms with van der Waals surface area (Å²) >= 11 is 5.84. The van der Waals surface area contributed by atoms with Crippen molar-refractivity contribution in [3.8, 4) is 0 Å². The van der Waals surface area contributed by atoms with E-state index in [1.807, 2.05) is 13.8 Å². The molecule has 0 saturated carbocycles.